The molecule has 0 aliphatic carbocycles. The number of amides is 1. The molecule has 1 aliphatic rings. The van der Waals surface area contributed by atoms with Crippen LogP contribution in [0.15, 0.2) is 0 Å². The first-order chi connectivity index (χ1) is 6.24. The van der Waals surface area contributed by atoms with Gasteiger partial charge in [0.15, 0.2) is 0 Å². The minimum Gasteiger partial charge on any atom is -0.343 e. The Hall–Kier alpha value is -0.570. The lowest BCUT2D eigenvalue weighted by Gasteiger charge is -2.19. The summed E-state index contributed by atoms with van der Waals surface area (Å²) in [5.41, 5.74) is 5.35. The quantitative estimate of drug-likeness (QED) is 0.695. The van der Waals surface area contributed by atoms with Gasteiger partial charge in [-0.15, -0.1) is 0 Å². The van der Waals surface area contributed by atoms with Crippen LogP contribution in [-0.2, 0) is 4.79 Å². The molecule has 0 saturated carbocycles. The summed E-state index contributed by atoms with van der Waals surface area (Å²) in [6.07, 6.45) is 4.06. The van der Waals surface area contributed by atoms with Crippen LogP contribution in [0.1, 0.15) is 32.6 Å². The van der Waals surface area contributed by atoms with E-state index in [1.807, 2.05) is 4.90 Å². The largest absolute Gasteiger partial charge is 0.343 e. The molecule has 1 aliphatic heterocycles. The normalized spacial score (nSPS) is 24.2. The summed E-state index contributed by atoms with van der Waals surface area (Å²) in [5, 5.41) is 0. The molecule has 0 aromatic rings. The average molecular weight is 184 g/mol. The fraction of sp³-hybridized carbons (Fsp3) is 0.900. The van der Waals surface area contributed by atoms with Crippen LogP contribution in [0.5, 0.6) is 0 Å². The van der Waals surface area contributed by atoms with Gasteiger partial charge in [0.05, 0.1) is 0 Å². The van der Waals surface area contributed by atoms with E-state index in [1.165, 1.54) is 6.42 Å². The molecule has 13 heavy (non-hydrogen) atoms. The Morgan fingerprint density at radius 2 is 2.23 bits per heavy atom. The number of rotatable bonds is 2. The molecule has 3 heteroatoms. The van der Waals surface area contributed by atoms with Crippen LogP contribution in [-0.4, -0.2) is 30.4 Å². The third-order valence-corrected chi connectivity index (χ3v) is 2.73. The van der Waals surface area contributed by atoms with Crippen LogP contribution in [0.2, 0.25) is 0 Å². The third kappa shape index (κ3) is 3.35. The SMILES string of the molecule is CC1CCCN(C(=O)CCN)CC1. The second kappa shape index (κ2) is 5.22. The molecule has 1 saturated heterocycles. The lowest BCUT2D eigenvalue weighted by atomic mass is 10.0. The number of carbonyl (C=O) groups excluding carboxylic acids is 1. The van der Waals surface area contributed by atoms with Gasteiger partial charge in [-0.3, -0.25) is 4.79 Å². The molecule has 3 nitrogen and oxygen atoms in total. The van der Waals surface area contributed by atoms with E-state index < -0.39 is 0 Å². The second-order valence-electron chi connectivity index (χ2n) is 3.96. The van der Waals surface area contributed by atoms with Crippen LogP contribution < -0.4 is 5.73 Å². The van der Waals surface area contributed by atoms with Crippen LogP contribution in [0.4, 0.5) is 0 Å². The number of likely N-dealkylation sites (tertiary alicyclic amines) is 1. The lowest BCUT2D eigenvalue weighted by Crippen LogP contribution is -2.33. The van der Waals surface area contributed by atoms with Gasteiger partial charge in [-0.05, 0) is 25.2 Å². The minimum absolute atomic E-state index is 0.233. The van der Waals surface area contributed by atoms with E-state index in [0.717, 1.165) is 31.8 Å². The topological polar surface area (TPSA) is 46.3 Å². The van der Waals surface area contributed by atoms with Crippen molar-refractivity contribution in [1.82, 2.24) is 4.90 Å². The molecule has 76 valence electrons. The molecule has 0 spiro atoms. The van der Waals surface area contributed by atoms with Crippen LogP contribution >= 0.6 is 0 Å². The maximum atomic E-state index is 11.5. The summed E-state index contributed by atoms with van der Waals surface area (Å²) in [7, 11) is 0. The van der Waals surface area contributed by atoms with Crippen molar-refractivity contribution in [2.75, 3.05) is 19.6 Å². The molecule has 1 unspecified atom stereocenters. The van der Waals surface area contributed by atoms with E-state index in [2.05, 4.69) is 6.92 Å². The van der Waals surface area contributed by atoms with Gasteiger partial charge in [-0.25, -0.2) is 0 Å². The molecule has 1 fully saturated rings. The van der Waals surface area contributed by atoms with Crippen molar-refractivity contribution < 1.29 is 4.79 Å². The van der Waals surface area contributed by atoms with E-state index in [-0.39, 0.29) is 5.91 Å². The molecule has 0 aromatic heterocycles. The predicted molar refractivity (Wildman–Crippen MR) is 53.3 cm³/mol. The number of hydrogen-bond acceptors (Lipinski definition) is 2. The monoisotopic (exact) mass is 184 g/mol. The van der Waals surface area contributed by atoms with Crippen molar-refractivity contribution in [2.45, 2.75) is 32.6 Å². The van der Waals surface area contributed by atoms with Crippen LogP contribution in [0.3, 0.4) is 0 Å². The highest BCUT2D eigenvalue weighted by atomic mass is 16.2. The van der Waals surface area contributed by atoms with Crippen molar-refractivity contribution in [1.29, 1.82) is 0 Å². The van der Waals surface area contributed by atoms with Gasteiger partial charge in [-0.2, -0.15) is 0 Å². The number of hydrogen-bond donors (Lipinski definition) is 1. The highest BCUT2D eigenvalue weighted by molar-refractivity contribution is 5.76. The van der Waals surface area contributed by atoms with Crippen molar-refractivity contribution in [3.8, 4) is 0 Å². The molecular formula is C10H20N2O. The molecular weight excluding hydrogens is 164 g/mol. The van der Waals surface area contributed by atoms with E-state index in [9.17, 15) is 4.79 Å². The fourth-order valence-electron chi connectivity index (χ4n) is 1.79. The summed E-state index contributed by atoms with van der Waals surface area (Å²) in [5.74, 6) is 1.01. The zero-order valence-corrected chi connectivity index (χ0v) is 8.46. The summed E-state index contributed by atoms with van der Waals surface area (Å²) in [6.45, 7) is 4.60. The Labute approximate surface area is 80.3 Å². The molecule has 1 atom stereocenters. The van der Waals surface area contributed by atoms with Gasteiger partial charge in [0, 0.05) is 26.1 Å². The van der Waals surface area contributed by atoms with E-state index in [4.69, 9.17) is 5.73 Å². The number of carbonyl (C=O) groups is 1. The van der Waals surface area contributed by atoms with Gasteiger partial charge in [-0.1, -0.05) is 6.92 Å². The maximum Gasteiger partial charge on any atom is 0.223 e. The van der Waals surface area contributed by atoms with E-state index >= 15 is 0 Å². The van der Waals surface area contributed by atoms with Crippen molar-refractivity contribution in [2.24, 2.45) is 11.7 Å². The lowest BCUT2D eigenvalue weighted by molar-refractivity contribution is -0.130. The maximum absolute atomic E-state index is 11.5. The molecule has 2 N–H and O–H groups in total. The molecule has 1 rings (SSSR count). The Kier molecular flexibility index (Phi) is 4.22. The van der Waals surface area contributed by atoms with Crippen LogP contribution in [0.25, 0.3) is 0 Å². The summed E-state index contributed by atoms with van der Waals surface area (Å²) in [4.78, 5) is 13.5. The van der Waals surface area contributed by atoms with E-state index in [1.54, 1.807) is 0 Å². The summed E-state index contributed by atoms with van der Waals surface area (Å²) < 4.78 is 0. The zero-order chi connectivity index (χ0) is 9.68. The molecule has 0 bridgehead atoms. The number of nitrogens with zero attached hydrogens (tertiary/aromatic N) is 1. The molecule has 1 heterocycles. The van der Waals surface area contributed by atoms with Gasteiger partial charge in [0.1, 0.15) is 0 Å². The smallest absolute Gasteiger partial charge is 0.223 e. The Bertz CT molecular complexity index is 170. The van der Waals surface area contributed by atoms with Crippen molar-refractivity contribution in [3.63, 3.8) is 0 Å². The standard InChI is InChI=1S/C10H20N2O/c1-9-3-2-7-12(8-5-9)10(13)4-6-11/h9H,2-8,11H2,1H3. The molecule has 1 amide bonds. The number of nitrogens with two attached hydrogens (primary N) is 1. The van der Waals surface area contributed by atoms with Crippen molar-refractivity contribution in [3.05, 3.63) is 0 Å². The Balaban J connectivity index is 2.37. The van der Waals surface area contributed by atoms with Gasteiger partial charge < -0.3 is 10.6 Å². The second-order valence-corrected chi connectivity index (χ2v) is 3.96. The predicted octanol–water partition coefficient (Wildman–Crippen LogP) is 0.984. The Morgan fingerprint density at radius 3 is 2.92 bits per heavy atom. The van der Waals surface area contributed by atoms with Crippen LogP contribution in [0, 0.1) is 5.92 Å². The first-order valence-electron chi connectivity index (χ1n) is 5.22. The highest BCUT2D eigenvalue weighted by Crippen LogP contribution is 2.16. The molecule has 0 radical (unpaired) electrons. The average Bonchev–Trinajstić information content (AvgIpc) is 2.30. The summed E-state index contributed by atoms with van der Waals surface area (Å²) >= 11 is 0. The first kappa shape index (κ1) is 10.5. The van der Waals surface area contributed by atoms with Gasteiger partial charge in [0.2, 0.25) is 5.91 Å². The Morgan fingerprint density at radius 1 is 1.46 bits per heavy atom. The van der Waals surface area contributed by atoms with Gasteiger partial charge >= 0.3 is 0 Å². The van der Waals surface area contributed by atoms with Gasteiger partial charge in [0.25, 0.3) is 0 Å². The first-order valence-corrected chi connectivity index (χ1v) is 5.22. The zero-order valence-electron chi connectivity index (χ0n) is 8.46. The minimum atomic E-state index is 0.233. The fourth-order valence-corrected chi connectivity index (χ4v) is 1.79. The van der Waals surface area contributed by atoms with E-state index in [0.29, 0.717) is 13.0 Å². The van der Waals surface area contributed by atoms with Crippen molar-refractivity contribution >= 4 is 5.91 Å². The highest BCUT2D eigenvalue weighted by Gasteiger charge is 2.17. The third-order valence-electron chi connectivity index (χ3n) is 2.73. The summed E-state index contributed by atoms with van der Waals surface area (Å²) in [6, 6.07) is 0. The molecule has 0 aromatic carbocycles.